The van der Waals surface area contributed by atoms with Crippen molar-refractivity contribution in [2.75, 3.05) is 59.0 Å². The highest BCUT2D eigenvalue weighted by molar-refractivity contribution is 5.92. The van der Waals surface area contributed by atoms with Crippen LogP contribution in [-0.2, 0) is 14.3 Å². The van der Waals surface area contributed by atoms with Crippen LogP contribution in [0.2, 0.25) is 0 Å². The monoisotopic (exact) mass is 441 g/mol. The molecular weight excluding hydrogens is 410 g/mol. The second-order valence-corrected chi connectivity index (χ2v) is 8.39. The van der Waals surface area contributed by atoms with E-state index in [-0.39, 0.29) is 11.8 Å². The lowest BCUT2D eigenvalue weighted by molar-refractivity contribution is -0.137. The zero-order valence-electron chi connectivity index (χ0n) is 19.0. The van der Waals surface area contributed by atoms with Crippen molar-refractivity contribution >= 4 is 17.9 Å². The quantitative estimate of drug-likeness (QED) is 0.653. The molecule has 0 bridgehead atoms. The second kappa shape index (κ2) is 9.70. The Morgan fingerprint density at radius 1 is 1.00 bits per heavy atom. The van der Waals surface area contributed by atoms with Crippen LogP contribution in [0.1, 0.15) is 22.7 Å². The number of amides is 2. The molecule has 0 N–H and O–H groups in total. The number of ether oxygens (including phenoxy) is 1. The van der Waals surface area contributed by atoms with Gasteiger partial charge in [-0.15, -0.1) is 0 Å². The molecule has 2 aliphatic heterocycles. The summed E-state index contributed by atoms with van der Waals surface area (Å²) in [5.74, 6) is 1.63. The van der Waals surface area contributed by atoms with Gasteiger partial charge in [0.2, 0.25) is 11.8 Å². The van der Waals surface area contributed by atoms with Crippen molar-refractivity contribution < 1.29 is 18.8 Å². The van der Waals surface area contributed by atoms with E-state index < -0.39 is 0 Å². The van der Waals surface area contributed by atoms with Gasteiger partial charge < -0.3 is 19.1 Å². The van der Waals surface area contributed by atoms with Crippen LogP contribution in [0.5, 0.6) is 0 Å². The zero-order valence-corrected chi connectivity index (χ0v) is 19.0. The maximum Gasteiger partial charge on any atom is 0.246 e. The van der Waals surface area contributed by atoms with Gasteiger partial charge in [0.1, 0.15) is 5.76 Å². The molecule has 9 nitrogen and oxygen atoms in total. The van der Waals surface area contributed by atoms with Crippen LogP contribution >= 0.6 is 0 Å². The summed E-state index contributed by atoms with van der Waals surface area (Å²) in [6.45, 7) is 11.5. The Balaban J connectivity index is 1.31. The molecule has 2 aliphatic rings. The van der Waals surface area contributed by atoms with Gasteiger partial charge >= 0.3 is 0 Å². The lowest BCUT2D eigenvalue weighted by Crippen LogP contribution is -2.52. The van der Waals surface area contributed by atoms with Crippen molar-refractivity contribution in [3.05, 3.63) is 40.9 Å². The van der Waals surface area contributed by atoms with Crippen LogP contribution in [0.3, 0.4) is 0 Å². The van der Waals surface area contributed by atoms with Crippen LogP contribution in [0.4, 0.5) is 0 Å². The molecule has 2 fully saturated rings. The van der Waals surface area contributed by atoms with E-state index in [1.54, 1.807) is 6.08 Å². The smallest absolute Gasteiger partial charge is 0.246 e. The molecule has 4 rings (SSSR count). The second-order valence-electron chi connectivity index (χ2n) is 8.39. The van der Waals surface area contributed by atoms with Crippen LogP contribution < -0.4 is 0 Å². The number of morpholine rings is 1. The Bertz CT molecular complexity index is 994. The minimum absolute atomic E-state index is 0.00811. The Kier molecular flexibility index (Phi) is 6.76. The predicted octanol–water partition coefficient (Wildman–Crippen LogP) is 1.41. The summed E-state index contributed by atoms with van der Waals surface area (Å²) in [5, 5.41) is 4.10. The molecule has 9 heteroatoms. The fourth-order valence-electron chi connectivity index (χ4n) is 4.26. The molecule has 0 saturated carbocycles. The van der Waals surface area contributed by atoms with Gasteiger partial charge in [-0.3, -0.25) is 19.1 Å². The topological polar surface area (TPSA) is 84.1 Å². The molecule has 2 saturated heterocycles. The highest BCUT2D eigenvalue weighted by Crippen LogP contribution is 2.21. The number of aromatic nitrogens is 2. The van der Waals surface area contributed by atoms with Crippen LogP contribution in [0.15, 0.2) is 22.7 Å². The fourth-order valence-corrected chi connectivity index (χ4v) is 4.26. The van der Waals surface area contributed by atoms with Crippen LogP contribution in [0, 0.1) is 20.8 Å². The van der Waals surface area contributed by atoms with Gasteiger partial charge in [0, 0.05) is 62.8 Å². The van der Waals surface area contributed by atoms with Gasteiger partial charge in [-0.05, 0) is 38.5 Å². The fraction of sp³-hybridized carbons (Fsp3) is 0.522. The summed E-state index contributed by atoms with van der Waals surface area (Å²) < 4.78 is 12.5. The van der Waals surface area contributed by atoms with Gasteiger partial charge in [-0.2, -0.15) is 0 Å². The van der Waals surface area contributed by atoms with E-state index in [4.69, 9.17) is 9.26 Å². The number of nitrogens with zero attached hydrogens (tertiary/aromatic N) is 5. The van der Waals surface area contributed by atoms with Gasteiger partial charge in [0.05, 0.1) is 19.8 Å². The molecule has 2 aromatic heterocycles. The number of hydrogen-bond donors (Lipinski definition) is 0. The average Bonchev–Trinajstić information content (AvgIpc) is 3.34. The molecule has 0 radical (unpaired) electrons. The van der Waals surface area contributed by atoms with E-state index in [9.17, 15) is 9.59 Å². The number of hydrogen-bond acceptors (Lipinski definition) is 6. The third-order valence-corrected chi connectivity index (χ3v) is 6.13. The van der Waals surface area contributed by atoms with Gasteiger partial charge in [-0.1, -0.05) is 5.16 Å². The van der Waals surface area contributed by atoms with Gasteiger partial charge in [-0.25, -0.2) is 0 Å². The largest absolute Gasteiger partial charge is 0.378 e. The first kappa shape index (κ1) is 22.3. The maximum atomic E-state index is 12.7. The molecule has 32 heavy (non-hydrogen) atoms. The normalized spacial score (nSPS) is 18.0. The van der Waals surface area contributed by atoms with E-state index >= 15 is 0 Å². The van der Waals surface area contributed by atoms with E-state index in [0.29, 0.717) is 59.0 Å². The number of aryl methyl sites for hydroxylation is 2. The minimum atomic E-state index is -0.00811. The summed E-state index contributed by atoms with van der Waals surface area (Å²) in [7, 11) is 0. The summed E-state index contributed by atoms with van der Waals surface area (Å²) in [6, 6.07) is 3.93. The third kappa shape index (κ3) is 4.94. The number of piperazine rings is 1. The molecular formula is C23H31N5O4. The lowest BCUT2D eigenvalue weighted by atomic mass is 10.2. The first-order valence-corrected chi connectivity index (χ1v) is 11.1. The van der Waals surface area contributed by atoms with Gasteiger partial charge in [0.25, 0.3) is 0 Å². The summed E-state index contributed by atoms with van der Waals surface area (Å²) in [4.78, 5) is 31.0. The van der Waals surface area contributed by atoms with Crippen LogP contribution in [0.25, 0.3) is 11.9 Å². The van der Waals surface area contributed by atoms with Crippen molar-refractivity contribution in [3.63, 3.8) is 0 Å². The predicted molar refractivity (Wildman–Crippen MR) is 119 cm³/mol. The average molecular weight is 442 g/mol. The van der Waals surface area contributed by atoms with Crippen LogP contribution in [-0.4, -0.2) is 95.3 Å². The van der Waals surface area contributed by atoms with Gasteiger partial charge in [0.15, 0.2) is 5.82 Å². The van der Waals surface area contributed by atoms with E-state index in [1.807, 2.05) is 53.3 Å². The Hall–Kier alpha value is -2.91. The Labute approximate surface area is 188 Å². The Morgan fingerprint density at radius 2 is 1.72 bits per heavy atom. The molecule has 0 atom stereocenters. The minimum Gasteiger partial charge on any atom is -0.378 e. The molecule has 0 aromatic carbocycles. The van der Waals surface area contributed by atoms with Crippen molar-refractivity contribution in [3.8, 4) is 5.82 Å². The number of carbonyl (C=O) groups excluding carboxylic acids is 2. The molecule has 0 aliphatic carbocycles. The highest BCUT2D eigenvalue weighted by Gasteiger charge is 2.24. The molecule has 0 spiro atoms. The molecule has 172 valence electrons. The molecule has 2 amide bonds. The van der Waals surface area contributed by atoms with Crippen molar-refractivity contribution in [2.45, 2.75) is 20.8 Å². The van der Waals surface area contributed by atoms with E-state index in [1.165, 1.54) is 0 Å². The zero-order chi connectivity index (χ0) is 22.7. The van der Waals surface area contributed by atoms with Crippen molar-refractivity contribution in [1.82, 2.24) is 24.4 Å². The molecule has 4 heterocycles. The highest BCUT2D eigenvalue weighted by atomic mass is 16.5. The van der Waals surface area contributed by atoms with E-state index in [0.717, 1.165) is 28.5 Å². The summed E-state index contributed by atoms with van der Waals surface area (Å²) in [5.41, 5.74) is 3.01. The summed E-state index contributed by atoms with van der Waals surface area (Å²) >= 11 is 0. The molecule has 2 aromatic rings. The maximum absolute atomic E-state index is 12.7. The first-order valence-electron chi connectivity index (χ1n) is 11.1. The lowest BCUT2D eigenvalue weighted by Gasteiger charge is -2.35. The standard InChI is InChI=1S/C23H31N5O4/c1-17-14-20(19(3)28(17)21-15-18(2)32-24-21)4-5-22(29)26-8-6-25(7-9-26)16-23(30)27-10-12-31-13-11-27/h4-5,14-15H,6-13,16H2,1-3H3/b5-4+. The number of carbonyl (C=O) groups is 2. The Morgan fingerprint density at radius 3 is 2.38 bits per heavy atom. The first-order chi connectivity index (χ1) is 15.4. The van der Waals surface area contributed by atoms with Crippen molar-refractivity contribution in [1.29, 1.82) is 0 Å². The van der Waals surface area contributed by atoms with Crippen molar-refractivity contribution in [2.24, 2.45) is 0 Å². The van der Waals surface area contributed by atoms with E-state index in [2.05, 4.69) is 10.1 Å². The molecule has 0 unspecified atom stereocenters. The SMILES string of the molecule is Cc1cc(-n2c(C)cc(/C=C/C(=O)N3CCN(CC(=O)N4CCOCC4)CC3)c2C)no1. The third-order valence-electron chi connectivity index (χ3n) is 6.13. The summed E-state index contributed by atoms with van der Waals surface area (Å²) in [6.07, 6.45) is 3.50. The number of rotatable bonds is 5.